The summed E-state index contributed by atoms with van der Waals surface area (Å²) in [7, 11) is 0. The highest BCUT2D eigenvalue weighted by Crippen LogP contribution is 2.49. The number of esters is 1. The van der Waals surface area contributed by atoms with E-state index in [-0.39, 0.29) is 0 Å². The molecular formula is C7H3Cl3F3NO2. The van der Waals surface area contributed by atoms with Crippen LogP contribution in [0, 0.1) is 11.3 Å². The van der Waals surface area contributed by atoms with Gasteiger partial charge >= 0.3 is 21.5 Å². The Kier molecular flexibility index (Phi) is 4.51. The van der Waals surface area contributed by atoms with Crippen LogP contribution in [0.3, 0.4) is 0 Å². The van der Waals surface area contributed by atoms with Crippen LogP contribution >= 0.6 is 34.8 Å². The van der Waals surface area contributed by atoms with Crippen molar-refractivity contribution in [3.63, 3.8) is 0 Å². The van der Waals surface area contributed by atoms with Gasteiger partial charge in [-0.25, -0.2) is 9.18 Å². The Morgan fingerprint density at radius 3 is 2.00 bits per heavy atom. The first-order valence-electron chi connectivity index (χ1n) is 3.42. The van der Waals surface area contributed by atoms with Crippen LogP contribution in [-0.2, 0) is 9.53 Å². The molecule has 0 amide bonds. The first kappa shape index (κ1) is 15.4. The minimum atomic E-state index is -4.64. The molecule has 1 atom stereocenters. The minimum absolute atomic E-state index is 0.411. The zero-order valence-corrected chi connectivity index (χ0v) is 9.58. The molecule has 0 aromatic carbocycles. The van der Waals surface area contributed by atoms with Gasteiger partial charge in [0.05, 0.1) is 0 Å². The van der Waals surface area contributed by atoms with Crippen molar-refractivity contribution in [3.8, 4) is 6.07 Å². The van der Waals surface area contributed by atoms with Gasteiger partial charge in [-0.2, -0.15) is 14.0 Å². The number of hydrogen-bond donors (Lipinski definition) is 0. The average molecular weight is 296 g/mol. The van der Waals surface area contributed by atoms with Crippen molar-refractivity contribution < 1.29 is 22.7 Å². The van der Waals surface area contributed by atoms with E-state index < -0.39 is 21.5 Å². The molecule has 16 heavy (non-hydrogen) atoms. The van der Waals surface area contributed by atoms with E-state index in [1.54, 1.807) is 0 Å². The predicted molar refractivity (Wildman–Crippen MR) is 51.0 cm³/mol. The van der Waals surface area contributed by atoms with E-state index in [1.165, 1.54) is 0 Å². The van der Waals surface area contributed by atoms with Gasteiger partial charge in [-0.15, -0.1) is 0 Å². The van der Waals surface area contributed by atoms with Crippen LogP contribution in [0.4, 0.5) is 13.2 Å². The third-order valence-corrected chi connectivity index (χ3v) is 2.17. The van der Waals surface area contributed by atoms with Crippen molar-refractivity contribution in [1.29, 1.82) is 5.26 Å². The summed E-state index contributed by atoms with van der Waals surface area (Å²) in [5.74, 6) is -1.54. The lowest BCUT2D eigenvalue weighted by Gasteiger charge is -2.33. The first-order chi connectivity index (χ1) is 7.02. The number of nitrogens with zero attached hydrogens (tertiary/aromatic N) is 1. The fourth-order valence-electron chi connectivity index (χ4n) is 0.619. The van der Waals surface area contributed by atoms with Crippen LogP contribution in [0.15, 0.2) is 12.7 Å². The minimum Gasteiger partial charge on any atom is -0.426 e. The molecule has 9 heteroatoms. The van der Waals surface area contributed by atoms with Crippen molar-refractivity contribution in [1.82, 2.24) is 0 Å². The molecule has 0 aromatic heterocycles. The molecule has 3 nitrogen and oxygen atoms in total. The molecule has 90 valence electrons. The normalized spacial score (nSPS) is 15.8. The molecule has 0 saturated carbocycles. The second kappa shape index (κ2) is 4.70. The standard InChI is InChI=1S/C7H3Cl3F3NO2/c1-2-4(15)16-5(3-14,6(8,9)11)7(10,12)13/h2H,1H2. The van der Waals surface area contributed by atoms with Crippen LogP contribution in [0.2, 0.25) is 0 Å². The number of nitriles is 1. The van der Waals surface area contributed by atoms with Crippen LogP contribution in [0.25, 0.3) is 0 Å². The Hall–Kier alpha value is -0.640. The lowest BCUT2D eigenvalue weighted by Crippen LogP contribution is -2.57. The summed E-state index contributed by atoms with van der Waals surface area (Å²) in [5, 5.41) is 3.82. The second-order valence-electron chi connectivity index (χ2n) is 2.41. The number of halogens is 6. The molecule has 0 saturated heterocycles. The molecule has 0 rings (SSSR count). The summed E-state index contributed by atoms with van der Waals surface area (Å²) in [5.41, 5.74) is -3.88. The van der Waals surface area contributed by atoms with Gasteiger partial charge < -0.3 is 4.74 Å². The molecule has 0 aromatic rings. The van der Waals surface area contributed by atoms with E-state index >= 15 is 0 Å². The third kappa shape index (κ3) is 2.73. The fraction of sp³-hybridized carbons (Fsp3) is 0.429. The van der Waals surface area contributed by atoms with Gasteiger partial charge in [0.1, 0.15) is 6.07 Å². The number of hydrogen-bond acceptors (Lipinski definition) is 3. The number of rotatable bonds is 4. The maximum absolute atomic E-state index is 13.1. The van der Waals surface area contributed by atoms with Crippen molar-refractivity contribution >= 4 is 40.8 Å². The van der Waals surface area contributed by atoms with E-state index in [9.17, 15) is 18.0 Å². The van der Waals surface area contributed by atoms with Gasteiger partial charge in [-0.1, -0.05) is 29.8 Å². The Balaban J connectivity index is 5.61. The van der Waals surface area contributed by atoms with E-state index in [2.05, 4.69) is 22.9 Å². The predicted octanol–water partition coefficient (Wildman–Crippen LogP) is 2.91. The zero-order valence-electron chi connectivity index (χ0n) is 7.32. The molecule has 0 aliphatic rings. The van der Waals surface area contributed by atoms with E-state index in [4.69, 9.17) is 28.5 Å². The summed E-state index contributed by atoms with van der Waals surface area (Å²) in [6.45, 7) is 2.86. The quantitative estimate of drug-likeness (QED) is 0.455. The molecule has 1 unspecified atom stereocenters. The fourth-order valence-corrected chi connectivity index (χ4v) is 1.33. The van der Waals surface area contributed by atoms with Crippen molar-refractivity contribution in [2.24, 2.45) is 0 Å². The molecule has 0 radical (unpaired) electrons. The van der Waals surface area contributed by atoms with Gasteiger partial charge in [0.15, 0.2) is 0 Å². The molecule has 0 heterocycles. The number of alkyl halides is 6. The highest BCUT2D eigenvalue weighted by Gasteiger charge is 2.70. The van der Waals surface area contributed by atoms with Crippen molar-refractivity contribution in [2.45, 2.75) is 15.6 Å². The Morgan fingerprint density at radius 2 is 1.81 bits per heavy atom. The smallest absolute Gasteiger partial charge is 0.380 e. The van der Waals surface area contributed by atoms with Crippen molar-refractivity contribution in [2.75, 3.05) is 0 Å². The molecular weight excluding hydrogens is 293 g/mol. The third-order valence-electron chi connectivity index (χ3n) is 1.38. The SMILES string of the molecule is C=CC(=O)OC(C#N)(C(F)(F)Cl)C(F)(Cl)Cl. The van der Waals surface area contributed by atoms with Gasteiger partial charge in [0.2, 0.25) is 0 Å². The molecule has 0 fully saturated rings. The molecule has 0 aliphatic heterocycles. The Labute approximate surface area is 103 Å². The first-order valence-corrected chi connectivity index (χ1v) is 4.55. The lowest BCUT2D eigenvalue weighted by atomic mass is 10.1. The topological polar surface area (TPSA) is 50.1 Å². The lowest BCUT2D eigenvalue weighted by molar-refractivity contribution is -0.179. The van der Waals surface area contributed by atoms with E-state index in [1.807, 2.05) is 0 Å². The zero-order chi connectivity index (χ0) is 13.2. The summed E-state index contributed by atoms with van der Waals surface area (Å²) in [6.07, 6.45) is 0.411. The van der Waals surface area contributed by atoms with Gasteiger partial charge in [-0.3, -0.25) is 0 Å². The molecule has 0 N–H and O–H groups in total. The van der Waals surface area contributed by atoms with Crippen molar-refractivity contribution in [3.05, 3.63) is 12.7 Å². The Morgan fingerprint density at radius 1 is 1.38 bits per heavy atom. The second-order valence-corrected chi connectivity index (χ2v) is 4.12. The number of carbonyl (C=O) groups excluding carboxylic acids is 1. The van der Waals surface area contributed by atoms with Crippen LogP contribution < -0.4 is 0 Å². The monoisotopic (exact) mass is 295 g/mol. The summed E-state index contributed by atoms with van der Waals surface area (Å²) < 4.78 is 38.8. The highest BCUT2D eigenvalue weighted by atomic mass is 35.5. The maximum Gasteiger partial charge on any atom is 0.380 e. The van der Waals surface area contributed by atoms with Crippen LogP contribution in [-0.4, -0.2) is 21.5 Å². The van der Waals surface area contributed by atoms with E-state index in [0.717, 1.165) is 0 Å². The number of carbonyl (C=O) groups is 1. The molecule has 0 spiro atoms. The molecule has 0 aliphatic carbocycles. The van der Waals surface area contributed by atoms with E-state index in [0.29, 0.717) is 12.1 Å². The maximum atomic E-state index is 13.1. The molecule has 0 bridgehead atoms. The van der Waals surface area contributed by atoms with Crippen LogP contribution in [0.5, 0.6) is 0 Å². The van der Waals surface area contributed by atoms with Crippen LogP contribution in [0.1, 0.15) is 0 Å². The summed E-state index contributed by atoms with van der Waals surface area (Å²) >= 11 is 13.9. The summed E-state index contributed by atoms with van der Waals surface area (Å²) in [4.78, 5) is 10.7. The number of ether oxygens (including phenoxy) is 1. The summed E-state index contributed by atoms with van der Waals surface area (Å²) in [6, 6.07) is 0.649. The average Bonchev–Trinajstić information content (AvgIpc) is 2.09. The highest BCUT2D eigenvalue weighted by molar-refractivity contribution is 6.49. The Bertz CT molecular complexity index is 328. The van der Waals surface area contributed by atoms with Gasteiger partial charge in [-0.05, 0) is 11.6 Å². The van der Waals surface area contributed by atoms with Gasteiger partial charge in [0.25, 0.3) is 0 Å². The largest absolute Gasteiger partial charge is 0.426 e. The van der Waals surface area contributed by atoms with Gasteiger partial charge in [0, 0.05) is 6.08 Å².